The van der Waals surface area contributed by atoms with Crippen LogP contribution in [0.3, 0.4) is 0 Å². The summed E-state index contributed by atoms with van der Waals surface area (Å²) in [6, 6.07) is 0. The van der Waals surface area contributed by atoms with Crippen molar-refractivity contribution in [1.29, 1.82) is 0 Å². The van der Waals surface area contributed by atoms with E-state index in [-0.39, 0.29) is 19.5 Å². The molecule has 0 aromatic rings. The van der Waals surface area contributed by atoms with Gasteiger partial charge in [-0.05, 0) is 0 Å². The summed E-state index contributed by atoms with van der Waals surface area (Å²) in [5.41, 5.74) is 0. The van der Waals surface area contributed by atoms with Crippen molar-refractivity contribution in [2.24, 2.45) is 0 Å². The minimum atomic E-state index is 0. The molecule has 0 atom stereocenters. The van der Waals surface area contributed by atoms with E-state index in [4.69, 9.17) is 4.74 Å². The Kier molecular flexibility index (Phi) is 4.13. The molecule has 0 unspecified atom stereocenters. The second-order valence-electron chi connectivity index (χ2n) is 1.18. The molecule has 0 spiro atoms. The molecule has 6 heavy (non-hydrogen) atoms. The minimum absolute atomic E-state index is 0. The molecular formula is C4H7ORu. The van der Waals surface area contributed by atoms with Gasteiger partial charge in [-0.15, -0.1) is 0 Å². The first-order valence-electron chi connectivity index (χ1n) is 1.93. The molecule has 1 radical (unpaired) electrons. The van der Waals surface area contributed by atoms with E-state index >= 15 is 0 Å². The Morgan fingerprint density at radius 1 is 1.50 bits per heavy atom. The van der Waals surface area contributed by atoms with Crippen molar-refractivity contribution >= 4 is 0 Å². The molecule has 1 fully saturated rings. The van der Waals surface area contributed by atoms with Gasteiger partial charge >= 0.3 is 19.5 Å². The smallest absolute Gasteiger partial charge is 0.552 e. The van der Waals surface area contributed by atoms with Gasteiger partial charge in [0, 0.05) is 6.61 Å². The van der Waals surface area contributed by atoms with Gasteiger partial charge in [0.25, 0.3) is 0 Å². The van der Waals surface area contributed by atoms with Crippen LogP contribution in [0.2, 0.25) is 0 Å². The van der Waals surface area contributed by atoms with E-state index in [1.807, 2.05) is 6.61 Å². The third kappa shape index (κ3) is 1.89. The first kappa shape index (κ1) is 6.58. The molecule has 0 aromatic heterocycles. The Hall–Kier alpha value is 0.583. The van der Waals surface area contributed by atoms with E-state index in [2.05, 4.69) is 0 Å². The average molecular weight is 172 g/mol. The summed E-state index contributed by atoms with van der Waals surface area (Å²) in [6.45, 7) is 2.81. The zero-order valence-electron chi connectivity index (χ0n) is 3.46. The molecule has 0 amide bonds. The molecule has 1 heterocycles. The van der Waals surface area contributed by atoms with Gasteiger partial charge in [0.15, 0.2) is 0 Å². The third-order valence-electron chi connectivity index (χ3n) is 0.702. The van der Waals surface area contributed by atoms with Crippen molar-refractivity contribution in [3.05, 3.63) is 6.61 Å². The quantitative estimate of drug-likeness (QED) is 0.390. The molecule has 2 heteroatoms. The fourth-order valence-electron chi connectivity index (χ4n) is 0.417. The molecule has 1 aliphatic heterocycles. The number of hydrogen-bond donors (Lipinski definition) is 0. The summed E-state index contributed by atoms with van der Waals surface area (Å²) in [5.74, 6) is 0. The Balaban J connectivity index is 0.000000250. The molecule has 0 saturated carbocycles. The van der Waals surface area contributed by atoms with Crippen LogP contribution in [-0.4, -0.2) is 6.61 Å². The van der Waals surface area contributed by atoms with Gasteiger partial charge in [-0.25, -0.2) is 6.61 Å². The zero-order valence-corrected chi connectivity index (χ0v) is 5.20. The van der Waals surface area contributed by atoms with E-state index in [0.29, 0.717) is 0 Å². The molecule has 1 aliphatic rings. The first-order valence-corrected chi connectivity index (χ1v) is 1.93. The van der Waals surface area contributed by atoms with Crippen LogP contribution < -0.4 is 0 Å². The summed E-state index contributed by atoms with van der Waals surface area (Å²) in [4.78, 5) is 0. The van der Waals surface area contributed by atoms with Crippen LogP contribution in [0.4, 0.5) is 0 Å². The van der Waals surface area contributed by atoms with Gasteiger partial charge in [-0.1, -0.05) is 6.42 Å². The predicted octanol–water partition coefficient (Wildman–Crippen LogP) is 0.956. The van der Waals surface area contributed by atoms with Crippen molar-refractivity contribution in [2.75, 3.05) is 6.61 Å². The SMILES string of the molecule is [CH-]1CCCO1.[Ru+]. The number of rotatable bonds is 0. The Labute approximate surface area is 50.8 Å². The van der Waals surface area contributed by atoms with E-state index in [0.717, 1.165) is 13.0 Å². The van der Waals surface area contributed by atoms with Crippen molar-refractivity contribution in [3.63, 3.8) is 0 Å². The Bertz CT molecular complexity index is 19.1. The van der Waals surface area contributed by atoms with Crippen molar-refractivity contribution < 1.29 is 24.2 Å². The van der Waals surface area contributed by atoms with Gasteiger partial charge in [0.1, 0.15) is 0 Å². The summed E-state index contributed by atoms with van der Waals surface area (Å²) >= 11 is 0. The van der Waals surface area contributed by atoms with Gasteiger partial charge in [0.2, 0.25) is 0 Å². The predicted molar refractivity (Wildman–Crippen MR) is 19.5 cm³/mol. The molecule has 1 rings (SSSR count). The molecule has 37 valence electrons. The van der Waals surface area contributed by atoms with Crippen molar-refractivity contribution in [2.45, 2.75) is 12.8 Å². The summed E-state index contributed by atoms with van der Waals surface area (Å²) in [5, 5.41) is 0. The van der Waals surface area contributed by atoms with Crippen molar-refractivity contribution in [3.8, 4) is 0 Å². The van der Waals surface area contributed by atoms with Crippen LogP contribution in [0.15, 0.2) is 0 Å². The monoisotopic (exact) mass is 173 g/mol. The van der Waals surface area contributed by atoms with Gasteiger partial charge in [-0.2, -0.15) is 6.42 Å². The Morgan fingerprint density at radius 3 is 2.50 bits per heavy atom. The second kappa shape index (κ2) is 3.76. The van der Waals surface area contributed by atoms with Crippen LogP contribution >= 0.6 is 0 Å². The average Bonchev–Trinajstić information content (AvgIpc) is 1.76. The van der Waals surface area contributed by atoms with Crippen molar-refractivity contribution in [1.82, 2.24) is 0 Å². The van der Waals surface area contributed by atoms with Crippen LogP contribution in [0.1, 0.15) is 12.8 Å². The number of hydrogen-bond acceptors (Lipinski definition) is 1. The second-order valence-corrected chi connectivity index (χ2v) is 1.18. The maximum Gasteiger partial charge on any atom is 1.00 e. The maximum atomic E-state index is 4.82. The van der Waals surface area contributed by atoms with Gasteiger partial charge < -0.3 is 4.74 Å². The van der Waals surface area contributed by atoms with E-state index in [1.54, 1.807) is 0 Å². The molecule has 0 bridgehead atoms. The standard InChI is InChI=1S/C4H7O.Ru/c1-2-4-5-3-1;/h3H,1-2,4H2;/q-1;+1. The zero-order chi connectivity index (χ0) is 3.54. The van der Waals surface area contributed by atoms with Crippen LogP contribution in [0.5, 0.6) is 0 Å². The normalized spacial score (nSPS) is 20.0. The molecule has 0 N–H and O–H groups in total. The fourth-order valence-corrected chi connectivity index (χ4v) is 0.417. The number of ether oxygens (including phenoxy) is 1. The topological polar surface area (TPSA) is 9.23 Å². The summed E-state index contributed by atoms with van der Waals surface area (Å²) < 4.78 is 4.82. The molecule has 0 aliphatic carbocycles. The van der Waals surface area contributed by atoms with Crippen LogP contribution in [-0.2, 0) is 24.2 Å². The molecule has 1 nitrogen and oxygen atoms in total. The van der Waals surface area contributed by atoms with Gasteiger partial charge in [0.05, 0.1) is 0 Å². The molecule has 1 saturated heterocycles. The van der Waals surface area contributed by atoms with E-state index in [9.17, 15) is 0 Å². The largest absolute Gasteiger partial charge is 1.00 e. The summed E-state index contributed by atoms with van der Waals surface area (Å²) in [7, 11) is 0. The van der Waals surface area contributed by atoms with E-state index < -0.39 is 0 Å². The Morgan fingerprint density at radius 2 is 2.33 bits per heavy atom. The van der Waals surface area contributed by atoms with E-state index in [1.165, 1.54) is 6.42 Å². The third-order valence-corrected chi connectivity index (χ3v) is 0.702. The fraction of sp³-hybridized carbons (Fsp3) is 0.750. The first-order chi connectivity index (χ1) is 2.50. The van der Waals surface area contributed by atoms with Crippen LogP contribution in [0, 0.1) is 6.61 Å². The minimum Gasteiger partial charge on any atom is -0.552 e. The molecule has 0 aromatic carbocycles. The van der Waals surface area contributed by atoms with Crippen LogP contribution in [0.25, 0.3) is 0 Å². The summed E-state index contributed by atoms with van der Waals surface area (Å²) in [6.07, 6.45) is 2.38. The molecular weight excluding hydrogens is 165 g/mol. The van der Waals surface area contributed by atoms with Gasteiger partial charge in [-0.3, -0.25) is 0 Å². The maximum absolute atomic E-state index is 4.82.